The summed E-state index contributed by atoms with van der Waals surface area (Å²) in [6, 6.07) is 22.3. The zero-order chi connectivity index (χ0) is 30.2. The van der Waals surface area contributed by atoms with Gasteiger partial charge in [-0.1, -0.05) is 18.2 Å². The molecule has 1 saturated heterocycles. The van der Waals surface area contributed by atoms with Gasteiger partial charge in [0, 0.05) is 53.2 Å². The fourth-order valence-corrected chi connectivity index (χ4v) is 6.17. The zero-order valence-electron chi connectivity index (χ0n) is 23.2. The average Bonchev–Trinajstić information content (AvgIpc) is 3.67. The highest BCUT2D eigenvalue weighted by Gasteiger charge is 2.18. The van der Waals surface area contributed by atoms with Gasteiger partial charge in [-0.2, -0.15) is 0 Å². The third kappa shape index (κ3) is 7.34. The molecule has 3 aromatic carbocycles. The maximum absolute atomic E-state index is 14.0. The number of likely N-dealkylation sites (tertiary alicyclic amines) is 1. The molecule has 3 N–H and O–H groups in total. The number of anilines is 3. The number of hydrogen-bond acceptors (Lipinski definition) is 7. The molecule has 0 aliphatic carbocycles. The number of rotatable bonds is 9. The Morgan fingerprint density at radius 3 is 2.37 bits per heavy atom. The van der Waals surface area contributed by atoms with Crippen LogP contribution in [0.3, 0.4) is 0 Å². The molecule has 0 saturated carbocycles. The largest absolute Gasteiger partial charge is 0.483 e. The predicted octanol–water partition coefficient (Wildman–Crippen LogP) is 5.58. The van der Waals surface area contributed by atoms with Gasteiger partial charge >= 0.3 is 0 Å². The SMILES string of the molecule is O=CO.O=S(=O)(Nc1ccc(Nc2cc(-c3ccc4c(ccn4CCN4CCCC4)c3)ncn2)cc1)c1ccccc1F. The first-order chi connectivity index (χ1) is 20.9. The van der Waals surface area contributed by atoms with Crippen molar-refractivity contribution in [3.8, 4) is 11.3 Å². The summed E-state index contributed by atoms with van der Waals surface area (Å²) in [6.07, 6.45) is 6.27. The van der Waals surface area contributed by atoms with Crippen molar-refractivity contribution >= 4 is 44.6 Å². The Labute approximate surface area is 248 Å². The Hall–Kier alpha value is -4.81. The molecule has 43 heavy (non-hydrogen) atoms. The summed E-state index contributed by atoms with van der Waals surface area (Å²) >= 11 is 0. The smallest absolute Gasteiger partial charge is 0.290 e. The fourth-order valence-electron chi connectivity index (χ4n) is 5.04. The Morgan fingerprint density at radius 2 is 1.63 bits per heavy atom. The van der Waals surface area contributed by atoms with Crippen molar-refractivity contribution < 1.29 is 22.7 Å². The lowest BCUT2D eigenvalue weighted by Gasteiger charge is -2.15. The molecule has 1 aliphatic heterocycles. The van der Waals surface area contributed by atoms with Crippen LogP contribution in [0.15, 0.2) is 96.3 Å². The summed E-state index contributed by atoms with van der Waals surface area (Å²) in [5.74, 6) is -0.199. The number of sulfonamides is 1. The van der Waals surface area contributed by atoms with Crippen molar-refractivity contribution in [1.29, 1.82) is 0 Å². The van der Waals surface area contributed by atoms with Crippen LogP contribution in [0.5, 0.6) is 0 Å². The van der Waals surface area contributed by atoms with Gasteiger partial charge in [0.1, 0.15) is 22.9 Å². The van der Waals surface area contributed by atoms with Crippen LogP contribution in [-0.4, -0.2) is 59.1 Å². The minimum Gasteiger partial charge on any atom is -0.483 e. The molecule has 1 fully saturated rings. The number of halogens is 1. The molecule has 3 heterocycles. The molecule has 12 heteroatoms. The summed E-state index contributed by atoms with van der Waals surface area (Å²) in [6.45, 7) is 4.20. The van der Waals surface area contributed by atoms with Gasteiger partial charge in [0.2, 0.25) is 0 Å². The number of fused-ring (bicyclic) bond motifs is 1. The summed E-state index contributed by atoms with van der Waals surface area (Å²) in [5, 5.41) is 11.3. The molecule has 1 aliphatic rings. The van der Waals surface area contributed by atoms with E-state index >= 15 is 0 Å². The molecule has 0 bridgehead atoms. The second kappa shape index (κ2) is 13.4. The molecular weight excluding hydrogens is 571 g/mol. The van der Waals surface area contributed by atoms with Crippen molar-refractivity contribution in [2.75, 3.05) is 29.7 Å². The second-order valence-corrected chi connectivity index (χ2v) is 11.6. The lowest BCUT2D eigenvalue weighted by molar-refractivity contribution is -0.122. The Kier molecular flexibility index (Phi) is 9.28. The van der Waals surface area contributed by atoms with Crippen molar-refractivity contribution in [1.82, 2.24) is 19.4 Å². The monoisotopic (exact) mass is 602 g/mol. The highest BCUT2D eigenvalue weighted by molar-refractivity contribution is 7.92. The third-order valence-corrected chi connectivity index (χ3v) is 8.54. The van der Waals surface area contributed by atoms with E-state index in [0.717, 1.165) is 30.4 Å². The minimum absolute atomic E-state index is 0.250. The van der Waals surface area contributed by atoms with Crippen LogP contribution < -0.4 is 10.0 Å². The molecule has 6 rings (SSSR count). The van der Waals surface area contributed by atoms with Gasteiger partial charge in [0.15, 0.2) is 0 Å². The van der Waals surface area contributed by atoms with Gasteiger partial charge in [-0.25, -0.2) is 22.8 Å². The fraction of sp³-hybridized carbons (Fsp3) is 0.194. The lowest BCUT2D eigenvalue weighted by atomic mass is 10.1. The summed E-state index contributed by atoms with van der Waals surface area (Å²) < 4.78 is 43.8. The molecule has 0 spiro atoms. The van der Waals surface area contributed by atoms with E-state index < -0.39 is 20.7 Å². The average molecular weight is 603 g/mol. The topological polar surface area (TPSA) is 129 Å². The molecule has 222 valence electrons. The van der Waals surface area contributed by atoms with E-state index in [4.69, 9.17) is 9.90 Å². The minimum atomic E-state index is -4.04. The Bertz CT molecular complexity index is 1810. The van der Waals surface area contributed by atoms with Crippen LogP contribution >= 0.6 is 0 Å². The van der Waals surface area contributed by atoms with Crippen molar-refractivity contribution in [2.45, 2.75) is 24.3 Å². The van der Waals surface area contributed by atoms with Crippen molar-refractivity contribution in [3.63, 3.8) is 0 Å². The van der Waals surface area contributed by atoms with E-state index in [1.807, 2.05) is 6.07 Å². The molecule has 0 amide bonds. The number of hydrogen-bond donors (Lipinski definition) is 3. The summed E-state index contributed by atoms with van der Waals surface area (Å²) in [4.78, 5) is 19.3. The summed E-state index contributed by atoms with van der Waals surface area (Å²) in [5.41, 5.74) is 4.02. The summed E-state index contributed by atoms with van der Waals surface area (Å²) in [7, 11) is -4.04. The number of nitrogens with one attached hydrogen (secondary N) is 2. The van der Waals surface area contributed by atoms with E-state index in [2.05, 4.69) is 59.9 Å². The molecule has 0 radical (unpaired) electrons. The molecule has 2 aromatic heterocycles. The number of aromatic nitrogens is 3. The first-order valence-electron chi connectivity index (χ1n) is 13.7. The van der Waals surface area contributed by atoms with Crippen molar-refractivity contribution in [3.05, 3.63) is 97.2 Å². The van der Waals surface area contributed by atoms with E-state index in [1.165, 1.54) is 61.4 Å². The quantitative estimate of drug-likeness (QED) is 0.187. The van der Waals surface area contributed by atoms with E-state index in [-0.39, 0.29) is 6.47 Å². The Morgan fingerprint density at radius 1 is 0.907 bits per heavy atom. The number of carboxylic acid groups (broad SMARTS) is 1. The van der Waals surface area contributed by atoms with Crippen LogP contribution in [0.2, 0.25) is 0 Å². The highest BCUT2D eigenvalue weighted by atomic mass is 32.2. The van der Waals surface area contributed by atoms with Gasteiger partial charge in [-0.05, 0) is 80.5 Å². The van der Waals surface area contributed by atoms with E-state index in [0.29, 0.717) is 17.2 Å². The molecule has 5 aromatic rings. The highest BCUT2D eigenvalue weighted by Crippen LogP contribution is 2.27. The number of carbonyl (C=O) groups is 1. The second-order valence-electron chi connectivity index (χ2n) is 9.96. The molecule has 10 nitrogen and oxygen atoms in total. The maximum Gasteiger partial charge on any atom is 0.290 e. The maximum atomic E-state index is 14.0. The van der Waals surface area contributed by atoms with Gasteiger partial charge in [0.05, 0.1) is 5.69 Å². The molecule has 0 unspecified atom stereocenters. The normalized spacial score (nSPS) is 13.3. The van der Waals surface area contributed by atoms with Gasteiger partial charge in [-0.15, -0.1) is 0 Å². The molecular formula is C31H31FN6O4S. The van der Waals surface area contributed by atoms with Crippen LogP contribution in [0, 0.1) is 5.82 Å². The van der Waals surface area contributed by atoms with Crippen LogP contribution in [0.25, 0.3) is 22.2 Å². The number of nitrogens with zero attached hydrogens (tertiary/aromatic N) is 4. The lowest BCUT2D eigenvalue weighted by Crippen LogP contribution is -2.23. The number of benzene rings is 3. The standard InChI is InChI=1S/C30H29FN6O2S.CH2O2/c31-26-5-1-2-6-29(26)40(38,39)35-25-10-8-24(9-11-25)34-30-20-27(32-21-33-30)22-7-12-28-23(19-22)13-16-37(28)18-17-36-14-3-4-15-36;2-1-3/h1-2,5-13,16,19-21,35H,3-4,14-15,17-18H2,(H,32,33,34);1H,(H,2,3). The third-order valence-electron chi connectivity index (χ3n) is 7.13. The predicted molar refractivity (Wildman–Crippen MR) is 164 cm³/mol. The van der Waals surface area contributed by atoms with Crippen LogP contribution in [-0.2, 0) is 21.4 Å². The van der Waals surface area contributed by atoms with Gasteiger partial charge in [-0.3, -0.25) is 9.52 Å². The first-order valence-corrected chi connectivity index (χ1v) is 15.2. The Balaban J connectivity index is 0.00000118. The van der Waals surface area contributed by atoms with E-state index in [1.54, 1.807) is 24.3 Å². The van der Waals surface area contributed by atoms with E-state index in [9.17, 15) is 12.8 Å². The first kappa shape index (κ1) is 29.7. The van der Waals surface area contributed by atoms with Gasteiger partial charge in [0.25, 0.3) is 16.5 Å². The zero-order valence-corrected chi connectivity index (χ0v) is 24.0. The van der Waals surface area contributed by atoms with Gasteiger partial charge < -0.3 is 19.9 Å². The van der Waals surface area contributed by atoms with Crippen LogP contribution in [0.1, 0.15) is 12.8 Å². The van der Waals surface area contributed by atoms with Crippen molar-refractivity contribution in [2.24, 2.45) is 0 Å². The molecule has 0 atom stereocenters. The van der Waals surface area contributed by atoms with Crippen LogP contribution in [0.4, 0.5) is 21.6 Å².